The molecule has 1 aromatic rings. The number of unbranched alkanes of at least 4 members (excludes halogenated alkanes) is 6. The molecule has 0 aliphatic rings. The average Bonchev–Trinajstić information content (AvgIpc) is 2.49. The van der Waals surface area contributed by atoms with Crippen LogP contribution in [-0.4, -0.2) is 12.6 Å². The molecule has 1 aromatic carbocycles. The maximum Gasteiger partial charge on any atom is 0.330 e. The van der Waals surface area contributed by atoms with E-state index in [4.69, 9.17) is 4.74 Å². The van der Waals surface area contributed by atoms with Crippen LogP contribution in [0.25, 0.3) is 6.08 Å². The summed E-state index contributed by atoms with van der Waals surface area (Å²) in [5, 5.41) is 0. The molecule has 2 nitrogen and oxygen atoms in total. The highest BCUT2D eigenvalue weighted by Crippen LogP contribution is 2.07. The second-order valence-corrected chi connectivity index (χ2v) is 5.03. The number of carbonyl (C=O) groups excluding carboxylic acids is 1. The van der Waals surface area contributed by atoms with Gasteiger partial charge in [-0.1, -0.05) is 75.8 Å². The van der Waals surface area contributed by atoms with Crippen molar-refractivity contribution in [1.82, 2.24) is 0 Å². The lowest BCUT2D eigenvalue weighted by molar-refractivity contribution is -0.137. The summed E-state index contributed by atoms with van der Waals surface area (Å²) < 4.78 is 5.17. The van der Waals surface area contributed by atoms with Gasteiger partial charge in [-0.05, 0) is 18.1 Å². The van der Waals surface area contributed by atoms with E-state index in [1.54, 1.807) is 6.08 Å². The number of hydrogen-bond donors (Lipinski definition) is 0. The van der Waals surface area contributed by atoms with E-state index in [-0.39, 0.29) is 5.97 Å². The summed E-state index contributed by atoms with van der Waals surface area (Å²) in [5.41, 5.74) is 1.01. The third-order valence-corrected chi connectivity index (χ3v) is 3.20. The highest BCUT2D eigenvalue weighted by Gasteiger charge is 1.97. The summed E-state index contributed by atoms with van der Waals surface area (Å²) in [7, 11) is 0. The van der Waals surface area contributed by atoms with Gasteiger partial charge in [0.2, 0.25) is 0 Å². The third kappa shape index (κ3) is 8.52. The summed E-state index contributed by atoms with van der Waals surface area (Å²) in [4.78, 5) is 11.5. The van der Waals surface area contributed by atoms with Crippen molar-refractivity contribution in [3.8, 4) is 0 Å². The first-order chi connectivity index (χ1) is 9.83. The van der Waals surface area contributed by atoms with Gasteiger partial charge >= 0.3 is 5.97 Å². The number of esters is 1. The Morgan fingerprint density at radius 1 is 1.00 bits per heavy atom. The molecule has 0 saturated carbocycles. The van der Waals surface area contributed by atoms with E-state index < -0.39 is 0 Å². The summed E-state index contributed by atoms with van der Waals surface area (Å²) in [6.07, 6.45) is 11.9. The molecule has 2 heteroatoms. The van der Waals surface area contributed by atoms with Gasteiger partial charge in [0, 0.05) is 6.08 Å². The first-order valence-electron chi connectivity index (χ1n) is 7.73. The number of rotatable bonds is 10. The highest BCUT2D eigenvalue weighted by atomic mass is 16.5. The fourth-order valence-electron chi connectivity index (χ4n) is 2.01. The minimum Gasteiger partial charge on any atom is -0.463 e. The third-order valence-electron chi connectivity index (χ3n) is 3.20. The summed E-state index contributed by atoms with van der Waals surface area (Å²) in [6, 6.07) is 9.77. The fourth-order valence-corrected chi connectivity index (χ4v) is 2.01. The molecule has 0 atom stereocenters. The van der Waals surface area contributed by atoms with Gasteiger partial charge in [-0.25, -0.2) is 4.79 Å². The molecule has 0 aliphatic heterocycles. The van der Waals surface area contributed by atoms with Crippen molar-refractivity contribution < 1.29 is 9.53 Å². The summed E-state index contributed by atoms with van der Waals surface area (Å²) in [6.45, 7) is 2.76. The zero-order chi connectivity index (χ0) is 14.5. The molecule has 0 N–H and O–H groups in total. The van der Waals surface area contributed by atoms with E-state index in [0.29, 0.717) is 6.61 Å². The van der Waals surface area contributed by atoms with Crippen LogP contribution in [-0.2, 0) is 9.53 Å². The molecule has 0 aliphatic carbocycles. The van der Waals surface area contributed by atoms with E-state index >= 15 is 0 Å². The molecule has 0 spiro atoms. The number of carbonyl (C=O) groups is 1. The van der Waals surface area contributed by atoms with E-state index in [2.05, 4.69) is 6.92 Å². The molecule has 0 bridgehead atoms. The van der Waals surface area contributed by atoms with E-state index in [0.717, 1.165) is 18.4 Å². The zero-order valence-electron chi connectivity index (χ0n) is 12.5. The van der Waals surface area contributed by atoms with Crippen molar-refractivity contribution in [2.75, 3.05) is 6.61 Å². The Hall–Kier alpha value is -1.57. The average molecular weight is 274 g/mol. The van der Waals surface area contributed by atoms with Crippen LogP contribution >= 0.6 is 0 Å². The Labute approximate surface area is 122 Å². The van der Waals surface area contributed by atoms with Crippen LogP contribution in [0.1, 0.15) is 57.4 Å². The topological polar surface area (TPSA) is 26.3 Å². The van der Waals surface area contributed by atoms with Gasteiger partial charge in [-0.3, -0.25) is 0 Å². The smallest absolute Gasteiger partial charge is 0.330 e. The number of benzene rings is 1. The zero-order valence-corrected chi connectivity index (χ0v) is 12.5. The lowest BCUT2D eigenvalue weighted by Crippen LogP contribution is -2.02. The van der Waals surface area contributed by atoms with E-state index in [1.807, 2.05) is 30.3 Å². The van der Waals surface area contributed by atoms with Crippen LogP contribution in [0.4, 0.5) is 0 Å². The van der Waals surface area contributed by atoms with Crippen molar-refractivity contribution in [1.29, 1.82) is 0 Å². The van der Waals surface area contributed by atoms with Crippen molar-refractivity contribution >= 4 is 12.0 Å². The Bertz CT molecular complexity index is 382. The normalized spacial score (nSPS) is 10.8. The van der Waals surface area contributed by atoms with Crippen LogP contribution in [0, 0.1) is 0 Å². The van der Waals surface area contributed by atoms with Crippen molar-refractivity contribution in [2.45, 2.75) is 51.9 Å². The van der Waals surface area contributed by atoms with Crippen molar-refractivity contribution in [3.63, 3.8) is 0 Å². The van der Waals surface area contributed by atoms with Crippen molar-refractivity contribution in [3.05, 3.63) is 42.0 Å². The Balaban J connectivity index is 2.02. The molecule has 0 heterocycles. The fraction of sp³-hybridized carbons (Fsp3) is 0.500. The lowest BCUT2D eigenvalue weighted by atomic mass is 10.1. The molecule has 20 heavy (non-hydrogen) atoms. The molecule has 0 unspecified atom stereocenters. The van der Waals surface area contributed by atoms with Crippen LogP contribution in [0.2, 0.25) is 0 Å². The monoisotopic (exact) mass is 274 g/mol. The van der Waals surface area contributed by atoms with Crippen LogP contribution < -0.4 is 0 Å². The molecule has 1 rings (SSSR count). The largest absolute Gasteiger partial charge is 0.463 e. The van der Waals surface area contributed by atoms with Gasteiger partial charge in [-0.2, -0.15) is 0 Å². The molecule has 0 amide bonds. The first kappa shape index (κ1) is 16.5. The van der Waals surface area contributed by atoms with Crippen LogP contribution in [0.5, 0.6) is 0 Å². The predicted molar refractivity (Wildman–Crippen MR) is 84.4 cm³/mol. The van der Waals surface area contributed by atoms with Gasteiger partial charge in [-0.15, -0.1) is 0 Å². The molecule has 0 aromatic heterocycles. The molecular weight excluding hydrogens is 248 g/mol. The molecule has 0 radical (unpaired) electrons. The molecule has 110 valence electrons. The summed E-state index contributed by atoms with van der Waals surface area (Å²) in [5.74, 6) is -0.250. The number of hydrogen-bond acceptors (Lipinski definition) is 2. The first-order valence-corrected chi connectivity index (χ1v) is 7.73. The lowest BCUT2D eigenvalue weighted by Gasteiger charge is -2.02. The van der Waals surface area contributed by atoms with Gasteiger partial charge in [0.05, 0.1) is 6.61 Å². The van der Waals surface area contributed by atoms with Gasteiger partial charge in [0.25, 0.3) is 0 Å². The minimum atomic E-state index is -0.250. The van der Waals surface area contributed by atoms with Gasteiger partial charge in [0.15, 0.2) is 0 Å². The van der Waals surface area contributed by atoms with Crippen LogP contribution in [0.3, 0.4) is 0 Å². The Kier molecular flexibility index (Phi) is 9.29. The standard InChI is InChI=1S/C18H26O2/c1-2-3-4-5-6-7-11-16-20-18(19)15-14-17-12-9-8-10-13-17/h8-10,12-15H,2-7,11,16H2,1H3. The second kappa shape index (κ2) is 11.3. The molecule has 0 fully saturated rings. The van der Waals surface area contributed by atoms with E-state index in [9.17, 15) is 4.79 Å². The van der Waals surface area contributed by atoms with E-state index in [1.165, 1.54) is 38.2 Å². The Morgan fingerprint density at radius 3 is 2.35 bits per heavy atom. The molecular formula is C18H26O2. The minimum absolute atomic E-state index is 0.250. The Morgan fingerprint density at radius 2 is 1.65 bits per heavy atom. The van der Waals surface area contributed by atoms with Crippen LogP contribution in [0.15, 0.2) is 36.4 Å². The second-order valence-electron chi connectivity index (χ2n) is 5.03. The predicted octanol–water partition coefficient (Wildman–Crippen LogP) is 4.99. The highest BCUT2D eigenvalue weighted by molar-refractivity contribution is 5.86. The van der Waals surface area contributed by atoms with Gasteiger partial charge in [0.1, 0.15) is 0 Å². The van der Waals surface area contributed by atoms with Crippen molar-refractivity contribution in [2.24, 2.45) is 0 Å². The maximum absolute atomic E-state index is 11.5. The van der Waals surface area contributed by atoms with Gasteiger partial charge < -0.3 is 4.74 Å². The number of ether oxygens (including phenoxy) is 1. The maximum atomic E-state index is 11.5. The summed E-state index contributed by atoms with van der Waals surface area (Å²) >= 11 is 0. The quantitative estimate of drug-likeness (QED) is 0.341. The SMILES string of the molecule is CCCCCCCCCOC(=O)C=Cc1ccccc1. The molecule has 0 saturated heterocycles.